The second-order valence-corrected chi connectivity index (χ2v) is 3.90. The summed E-state index contributed by atoms with van der Waals surface area (Å²) in [5, 5.41) is 9.44. The average Bonchev–Trinajstić information content (AvgIpc) is 2.67. The van der Waals surface area contributed by atoms with Crippen LogP contribution in [-0.4, -0.2) is 37.9 Å². The largest absolute Gasteiger partial charge is 0.493 e. The monoisotopic (exact) mass is 237 g/mol. The Morgan fingerprint density at radius 1 is 1.29 bits per heavy atom. The van der Waals surface area contributed by atoms with E-state index in [1.54, 1.807) is 37.3 Å². The van der Waals surface area contributed by atoms with E-state index in [9.17, 15) is 9.90 Å². The molecular formula is C12H15NO4. The van der Waals surface area contributed by atoms with Gasteiger partial charge in [0, 0.05) is 11.8 Å². The molecule has 0 radical (unpaired) electrons. The number of ether oxygens (including phenoxy) is 2. The zero-order valence-corrected chi connectivity index (χ0v) is 9.84. The maximum atomic E-state index is 11.6. The zero-order valence-electron chi connectivity index (χ0n) is 9.84. The molecule has 1 aromatic rings. The van der Waals surface area contributed by atoms with E-state index in [1.807, 2.05) is 0 Å². The second kappa shape index (κ2) is 4.63. The fourth-order valence-corrected chi connectivity index (χ4v) is 1.93. The summed E-state index contributed by atoms with van der Waals surface area (Å²) in [4.78, 5) is 13.2. The van der Waals surface area contributed by atoms with Crippen molar-refractivity contribution in [2.24, 2.45) is 0 Å². The number of aliphatic hydroxyl groups excluding tert-OH is 1. The Balaban J connectivity index is 2.30. The van der Waals surface area contributed by atoms with Crippen LogP contribution in [0, 0.1) is 0 Å². The number of β-amino-alcohol motifs (C(OH)–C–C–N with tert-alkyl or cyclic N) is 1. The highest BCUT2D eigenvalue weighted by Crippen LogP contribution is 2.32. The lowest BCUT2D eigenvalue weighted by Crippen LogP contribution is -2.25. The fraction of sp³-hybridized carbons (Fsp3) is 0.417. The Hall–Kier alpha value is -1.75. The van der Waals surface area contributed by atoms with Crippen molar-refractivity contribution < 1.29 is 19.4 Å². The molecule has 5 heteroatoms. The van der Waals surface area contributed by atoms with Gasteiger partial charge in [0.25, 0.3) is 0 Å². The zero-order chi connectivity index (χ0) is 12.4. The molecule has 1 aliphatic heterocycles. The molecule has 1 aliphatic rings. The molecule has 92 valence electrons. The third kappa shape index (κ3) is 2.19. The molecule has 1 saturated heterocycles. The Labute approximate surface area is 99.6 Å². The maximum Gasteiger partial charge on any atom is 0.229 e. The highest BCUT2D eigenvalue weighted by Gasteiger charge is 2.29. The van der Waals surface area contributed by atoms with Crippen molar-refractivity contribution in [3.63, 3.8) is 0 Å². The number of amides is 1. The molecule has 1 heterocycles. The molecule has 0 spiro atoms. The summed E-state index contributed by atoms with van der Waals surface area (Å²) in [6.07, 6.45) is -0.412. The summed E-state index contributed by atoms with van der Waals surface area (Å²) in [5.41, 5.74) is 0.712. The SMILES string of the molecule is COc1ccc(N2CC(O)CC2=O)cc1OC. The van der Waals surface area contributed by atoms with Gasteiger partial charge in [0.2, 0.25) is 5.91 Å². The lowest BCUT2D eigenvalue weighted by Gasteiger charge is -2.17. The van der Waals surface area contributed by atoms with Gasteiger partial charge in [0.15, 0.2) is 11.5 Å². The first-order valence-electron chi connectivity index (χ1n) is 5.36. The number of rotatable bonds is 3. The van der Waals surface area contributed by atoms with Crippen molar-refractivity contribution >= 4 is 11.6 Å². The van der Waals surface area contributed by atoms with E-state index >= 15 is 0 Å². The van der Waals surface area contributed by atoms with E-state index in [0.717, 1.165) is 0 Å². The van der Waals surface area contributed by atoms with Gasteiger partial charge in [-0.05, 0) is 12.1 Å². The number of hydrogen-bond acceptors (Lipinski definition) is 4. The van der Waals surface area contributed by atoms with Gasteiger partial charge < -0.3 is 19.5 Å². The van der Waals surface area contributed by atoms with Crippen LogP contribution >= 0.6 is 0 Å². The number of anilines is 1. The first-order valence-corrected chi connectivity index (χ1v) is 5.36. The van der Waals surface area contributed by atoms with Crippen LogP contribution < -0.4 is 14.4 Å². The molecule has 0 saturated carbocycles. The molecule has 17 heavy (non-hydrogen) atoms. The Bertz CT molecular complexity index is 433. The minimum atomic E-state index is -0.587. The van der Waals surface area contributed by atoms with Gasteiger partial charge in [-0.2, -0.15) is 0 Å². The minimum Gasteiger partial charge on any atom is -0.493 e. The maximum absolute atomic E-state index is 11.6. The lowest BCUT2D eigenvalue weighted by molar-refractivity contribution is -0.117. The summed E-state index contributed by atoms with van der Waals surface area (Å²) in [6, 6.07) is 5.25. The van der Waals surface area contributed by atoms with Crippen LogP contribution in [0.3, 0.4) is 0 Å². The van der Waals surface area contributed by atoms with Crippen LogP contribution in [0.2, 0.25) is 0 Å². The van der Waals surface area contributed by atoms with Crippen LogP contribution in [0.1, 0.15) is 6.42 Å². The fourth-order valence-electron chi connectivity index (χ4n) is 1.93. The molecule has 1 fully saturated rings. The minimum absolute atomic E-state index is 0.0790. The highest BCUT2D eigenvalue weighted by atomic mass is 16.5. The molecule has 1 atom stereocenters. The first-order chi connectivity index (χ1) is 8.15. The summed E-state index contributed by atoms with van der Waals surface area (Å²) in [6.45, 7) is 0.328. The smallest absolute Gasteiger partial charge is 0.229 e. The third-order valence-electron chi connectivity index (χ3n) is 2.78. The number of carbonyl (C=O) groups excluding carboxylic acids is 1. The highest BCUT2D eigenvalue weighted by molar-refractivity contribution is 5.96. The van der Waals surface area contributed by atoms with Gasteiger partial charge in [-0.25, -0.2) is 0 Å². The van der Waals surface area contributed by atoms with E-state index in [1.165, 1.54) is 0 Å². The molecule has 2 rings (SSSR count). The molecule has 0 bridgehead atoms. The molecular weight excluding hydrogens is 222 g/mol. The summed E-state index contributed by atoms with van der Waals surface area (Å²) in [7, 11) is 3.10. The Kier molecular flexibility index (Phi) is 3.19. The molecule has 0 aliphatic carbocycles. The van der Waals surface area contributed by atoms with E-state index in [2.05, 4.69) is 0 Å². The van der Waals surface area contributed by atoms with E-state index in [0.29, 0.717) is 23.7 Å². The van der Waals surface area contributed by atoms with Crippen LogP contribution in [0.4, 0.5) is 5.69 Å². The summed E-state index contributed by atoms with van der Waals surface area (Å²) < 4.78 is 10.3. The van der Waals surface area contributed by atoms with Crippen molar-refractivity contribution in [3.05, 3.63) is 18.2 Å². The molecule has 1 unspecified atom stereocenters. The van der Waals surface area contributed by atoms with E-state index in [4.69, 9.17) is 9.47 Å². The van der Waals surface area contributed by atoms with Gasteiger partial charge in [0.05, 0.1) is 33.3 Å². The topological polar surface area (TPSA) is 59.0 Å². The average molecular weight is 237 g/mol. The second-order valence-electron chi connectivity index (χ2n) is 3.90. The van der Waals surface area contributed by atoms with Gasteiger partial charge in [-0.3, -0.25) is 4.79 Å². The Morgan fingerprint density at radius 3 is 2.53 bits per heavy atom. The van der Waals surface area contributed by atoms with Crippen molar-refractivity contribution in [2.75, 3.05) is 25.7 Å². The summed E-state index contributed by atoms with van der Waals surface area (Å²) >= 11 is 0. The number of carbonyl (C=O) groups is 1. The first kappa shape index (κ1) is 11.7. The number of aliphatic hydroxyl groups is 1. The van der Waals surface area contributed by atoms with Gasteiger partial charge in [-0.15, -0.1) is 0 Å². The van der Waals surface area contributed by atoms with E-state index in [-0.39, 0.29) is 12.3 Å². The number of hydrogen-bond donors (Lipinski definition) is 1. The third-order valence-corrected chi connectivity index (χ3v) is 2.78. The van der Waals surface area contributed by atoms with Crippen LogP contribution in [0.15, 0.2) is 18.2 Å². The quantitative estimate of drug-likeness (QED) is 0.844. The predicted molar refractivity (Wildman–Crippen MR) is 62.5 cm³/mol. The van der Waals surface area contributed by atoms with Gasteiger partial charge in [0.1, 0.15) is 0 Å². The van der Waals surface area contributed by atoms with Crippen LogP contribution in [-0.2, 0) is 4.79 Å². The van der Waals surface area contributed by atoms with Crippen molar-refractivity contribution in [1.29, 1.82) is 0 Å². The number of methoxy groups -OCH3 is 2. The molecule has 0 aromatic heterocycles. The molecule has 1 aromatic carbocycles. The van der Waals surface area contributed by atoms with Gasteiger partial charge in [-0.1, -0.05) is 0 Å². The van der Waals surface area contributed by atoms with Crippen molar-refractivity contribution in [3.8, 4) is 11.5 Å². The lowest BCUT2D eigenvalue weighted by atomic mass is 10.2. The van der Waals surface area contributed by atoms with Crippen molar-refractivity contribution in [1.82, 2.24) is 0 Å². The standard InChI is InChI=1S/C12H15NO4/c1-16-10-4-3-8(5-11(10)17-2)13-7-9(14)6-12(13)15/h3-5,9,14H,6-7H2,1-2H3. The molecule has 1 N–H and O–H groups in total. The molecule has 1 amide bonds. The predicted octanol–water partition coefficient (Wildman–Crippen LogP) is 0.801. The normalized spacial score (nSPS) is 19.6. The summed E-state index contributed by atoms with van der Waals surface area (Å²) in [5.74, 6) is 1.10. The van der Waals surface area contributed by atoms with Gasteiger partial charge >= 0.3 is 0 Å². The van der Waals surface area contributed by atoms with E-state index < -0.39 is 6.10 Å². The number of nitrogens with zero attached hydrogens (tertiary/aromatic N) is 1. The van der Waals surface area contributed by atoms with Crippen LogP contribution in [0.25, 0.3) is 0 Å². The Morgan fingerprint density at radius 2 is 2.00 bits per heavy atom. The van der Waals surface area contributed by atoms with Crippen LogP contribution in [0.5, 0.6) is 11.5 Å². The van der Waals surface area contributed by atoms with Crippen molar-refractivity contribution in [2.45, 2.75) is 12.5 Å². The number of benzene rings is 1. The molecule has 5 nitrogen and oxygen atoms in total.